The van der Waals surface area contributed by atoms with E-state index in [-0.39, 0.29) is 0 Å². The van der Waals surface area contributed by atoms with E-state index in [1.54, 1.807) is 7.11 Å². The number of nitrogens with zero attached hydrogens (tertiary/aromatic N) is 2. The van der Waals surface area contributed by atoms with Gasteiger partial charge in [-0.25, -0.2) is 0 Å². The van der Waals surface area contributed by atoms with Crippen molar-refractivity contribution >= 4 is 10.9 Å². The number of methoxy groups -OCH3 is 1. The van der Waals surface area contributed by atoms with Crippen molar-refractivity contribution < 1.29 is 9.94 Å². The molecule has 0 fully saturated rings. The van der Waals surface area contributed by atoms with Crippen LogP contribution < -0.4 is 4.74 Å². The summed E-state index contributed by atoms with van der Waals surface area (Å²) in [6, 6.07) is 6.78. The minimum absolute atomic E-state index is 0.516. The monoisotopic (exact) mass is 290 g/mol. The van der Waals surface area contributed by atoms with Crippen LogP contribution in [0.4, 0.5) is 0 Å². The second-order valence-electron chi connectivity index (χ2n) is 6.06. The molecule has 0 aliphatic rings. The van der Waals surface area contributed by atoms with E-state index < -0.39 is 0 Å². The Morgan fingerprint density at radius 2 is 1.86 bits per heavy atom. The second kappa shape index (κ2) is 6.39. The fraction of sp³-hybridized carbons (Fsp3) is 0.529. The topological polar surface area (TPSA) is 37.6 Å². The minimum atomic E-state index is 0.516. The van der Waals surface area contributed by atoms with Crippen molar-refractivity contribution in [3.63, 3.8) is 0 Å². The van der Waals surface area contributed by atoms with Crippen LogP contribution >= 0.6 is 0 Å². The fourth-order valence-electron chi connectivity index (χ4n) is 2.95. The maximum absolute atomic E-state index is 10.0. The molecule has 0 aliphatic heterocycles. The molecule has 1 N–H and O–H groups in total. The molecule has 1 aromatic carbocycles. The molecule has 116 valence electrons. The van der Waals surface area contributed by atoms with Crippen LogP contribution in [0, 0.1) is 0 Å². The van der Waals surface area contributed by atoms with E-state index in [0.717, 1.165) is 35.2 Å². The predicted molar refractivity (Wildman–Crippen MR) is 86.4 cm³/mol. The van der Waals surface area contributed by atoms with Crippen molar-refractivity contribution in [3.8, 4) is 5.75 Å². The van der Waals surface area contributed by atoms with Gasteiger partial charge in [-0.15, -0.1) is 0 Å². The zero-order valence-electron chi connectivity index (χ0n) is 13.6. The summed E-state index contributed by atoms with van der Waals surface area (Å²) in [5.41, 5.74) is 1.98. The molecule has 2 rings (SSSR count). The molecule has 0 saturated heterocycles. The van der Waals surface area contributed by atoms with E-state index in [4.69, 9.17) is 4.74 Å². The van der Waals surface area contributed by atoms with E-state index in [1.165, 1.54) is 4.73 Å². The lowest BCUT2D eigenvalue weighted by molar-refractivity contribution is 0.176. The third-order valence-corrected chi connectivity index (χ3v) is 4.04. The first-order valence-electron chi connectivity index (χ1n) is 7.57. The summed E-state index contributed by atoms with van der Waals surface area (Å²) < 4.78 is 6.49. The van der Waals surface area contributed by atoms with Gasteiger partial charge in [0.25, 0.3) is 0 Å². The Balaban J connectivity index is 2.25. The van der Waals surface area contributed by atoms with E-state index in [9.17, 15) is 5.21 Å². The van der Waals surface area contributed by atoms with Crippen molar-refractivity contribution in [3.05, 3.63) is 30.0 Å². The van der Waals surface area contributed by atoms with Crippen molar-refractivity contribution in [2.45, 2.75) is 46.2 Å². The lowest BCUT2D eigenvalue weighted by Crippen LogP contribution is -2.38. The van der Waals surface area contributed by atoms with Gasteiger partial charge in [0, 0.05) is 30.2 Å². The molecule has 0 atom stereocenters. The van der Waals surface area contributed by atoms with Gasteiger partial charge in [0.05, 0.1) is 12.6 Å². The van der Waals surface area contributed by atoms with Crippen LogP contribution in [0.5, 0.6) is 5.75 Å². The normalized spacial score (nSPS) is 12.0. The number of aromatic nitrogens is 1. The SMILES string of the molecule is COc1ccc2c(c1)c(CCN(C(C)C)C(C)C)cn2O. The maximum Gasteiger partial charge on any atom is 0.119 e. The highest BCUT2D eigenvalue weighted by Crippen LogP contribution is 2.26. The van der Waals surface area contributed by atoms with Gasteiger partial charge in [0.15, 0.2) is 0 Å². The van der Waals surface area contributed by atoms with Crippen LogP contribution in [0.2, 0.25) is 0 Å². The Labute approximate surface area is 126 Å². The molecule has 0 radical (unpaired) electrons. The predicted octanol–water partition coefficient (Wildman–Crippen LogP) is 3.55. The number of fused-ring (bicyclic) bond motifs is 1. The van der Waals surface area contributed by atoms with Crippen LogP contribution in [0.1, 0.15) is 33.3 Å². The molecule has 0 bridgehead atoms. The molecule has 4 nitrogen and oxygen atoms in total. The standard InChI is InChI=1S/C17H26N2O2/c1-12(2)18(13(3)4)9-8-14-11-19(20)17-7-6-15(21-5)10-16(14)17/h6-7,10-13,20H,8-9H2,1-5H3. The van der Waals surface area contributed by atoms with Gasteiger partial charge in [-0.3, -0.25) is 4.90 Å². The fourth-order valence-corrected chi connectivity index (χ4v) is 2.95. The van der Waals surface area contributed by atoms with Crippen LogP contribution in [0.3, 0.4) is 0 Å². The Morgan fingerprint density at radius 1 is 1.19 bits per heavy atom. The number of hydrogen-bond acceptors (Lipinski definition) is 3. The number of rotatable bonds is 6. The van der Waals surface area contributed by atoms with Crippen molar-refractivity contribution in [1.82, 2.24) is 9.63 Å². The quantitative estimate of drug-likeness (QED) is 0.827. The molecule has 0 unspecified atom stereocenters. The van der Waals surface area contributed by atoms with Gasteiger partial charge in [-0.1, -0.05) is 0 Å². The highest BCUT2D eigenvalue weighted by molar-refractivity contribution is 5.85. The summed E-state index contributed by atoms with van der Waals surface area (Å²) in [4.78, 5) is 2.46. The van der Waals surface area contributed by atoms with Crippen molar-refractivity contribution in [1.29, 1.82) is 0 Å². The summed E-state index contributed by atoms with van der Waals surface area (Å²) in [6.45, 7) is 9.86. The number of ether oxygens (including phenoxy) is 1. The Morgan fingerprint density at radius 3 is 2.43 bits per heavy atom. The summed E-state index contributed by atoms with van der Waals surface area (Å²) in [5, 5.41) is 11.1. The Hall–Kier alpha value is -1.68. The van der Waals surface area contributed by atoms with Crippen LogP contribution in [0.25, 0.3) is 10.9 Å². The highest BCUT2D eigenvalue weighted by Gasteiger charge is 2.15. The number of hydrogen-bond donors (Lipinski definition) is 1. The van der Waals surface area contributed by atoms with Crippen LogP contribution in [-0.4, -0.2) is 40.6 Å². The summed E-state index contributed by atoms with van der Waals surface area (Å²) in [5.74, 6) is 0.819. The molecule has 1 aromatic heterocycles. The molecule has 0 saturated carbocycles. The third kappa shape index (κ3) is 3.32. The molecule has 0 aliphatic carbocycles. The molecule has 0 amide bonds. The van der Waals surface area contributed by atoms with Gasteiger partial charge in [-0.2, -0.15) is 4.73 Å². The Kier molecular flexibility index (Phi) is 4.78. The van der Waals surface area contributed by atoms with E-state index in [0.29, 0.717) is 12.1 Å². The summed E-state index contributed by atoms with van der Waals surface area (Å²) >= 11 is 0. The summed E-state index contributed by atoms with van der Waals surface area (Å²) in [6.07, 6.45) is 2.72. The molecule has 4 heteroatoms. The third-order valence-electron chi connectivity index (χ3n) is 4.04. The van der Waals surface area contributed by atoms with Gasteiger partial charge in [0.2, 0.25) is 0 Å². The smallest absolute Gasteiger partial charge is 0.119 e. The average Bonchev–Trinajstić information content (AvgIpc) is 2.74. The largest absolute Gasteiger partial charge is 0.497 e. The molecular weight excluding hydrogens is 264 g/mol. The first-order valence-corrected chi connectivity index (χ1v) is 7.57. The zero-order chi connectivity index (χ0) is 15.6. The molecule has 0 spiro atoms. The van der Waals surface area contributed by atoms with Crippen LogP contribution in [0.15, 0.2) is 24.4 Å². The highest BCUT2D eigenvalue weighted by atomic mass is 16.5. The van der Waals surface area contributed by atoms with Crippen molar-refractivity contribution in [2.24, 2.45) is 0 Å². The lowest BCUT2D eigenvalue weighted by Gasteiger charge is -2.30. The minimum Gasteiger partial charge on any atom is -0.497 e. The molecule has 1 heterocycles. The Bertz CT molecular complexity index is 594. The van der Waals surface area contributed by atoms with Crippen molar-refractivity contribution in [2.75, 3.05) is 13.7 Å². The molecular formula is C17H26N2O2. The van der Waals surface area contributed by atoms with E-state index >= 15 is 0 Å². The molecule has 2 aromatic rings. The van der Waals surface area contributed by atoms with Gasteiger partial charge in [-0.05, 0) is 57.9 Å². The first kappa shape index (κ1) is 15.7. The van der Waals surface area contributed by atoms with Gasteiger partial charge >= 0.3 is 0 Å². The number of benzene rings is 1. The van der Waals surface area contributed by atoms with Crippen LogP contribution in [-0.2, 0) is 6.42 Å². The molecule has 21 heavy (non-hydrogen) atoms. The summed E-state index contributed by atoms with van der Waals surface area (Å²) in [7, 11) is 1.66. The van der Waals surface area contributed by atoms with E-state index in [1.807, 2.05) is 24.4 Å². The zero-order valence-corrected chi connectivity index (χ0v) is 13.6. The van der Waals surface area contributed by atoms with E-state index in [2.05, 4.69) is 32.6 Å². The van der Waals surface area contributed by atoms with Gasteiger partial charge in [0.1, 0.15) is 5.75 Å². The maximum atomic E-state index is 10.0. The lowest BCUT2D eigenvalue weighted by atomic mass is 10.1. The van der Waals surface area contributed by atoms with Gasteiger partial charge < -0.3 is 9.94 Å². The average molecular weight is 290 g/mol. The first-order chi connectivity index (χ1) is 9.93. The second-order valence-corrected chi connectivity index (χ2v) is 6.06.